The van der Waals surface area contributed by atoms with Gasteiger partial charge >= 0.3 is 0 Å². The summed E-state index contributed by atoms with van der Waals surface area (Å²) in [5.74, 6) is 0. The number of aliphatic hydroxyl groups is 1. The summed E-state index contributed by atoms with van der Waals surface area (Å²) in [5, 5.41) is 13.3. The Morgan fingerprint density at radius 2 is 1.88 bits per heavy atom. The molecular weight excluding hydrogens is 210 g/mol. The summed E-state index contributed by atoms with van der Waals surface area (Å²) >= 11 is 0. The highest BCUT2D eigenvalue weighted by atomic mass is 16.3. The summed E-state index contributed by atoms with van der Waals surface area (Å²) in [7, 11) is 0. The lowest BCUT2D eigenvalue weighted by atomic mass is 10.0. The van der Waals surface area contributed by atoms with E-state index in [-0.39, 0.29) is 6.10 Å². The second-order valence-corrected chi connectivity index (χ2v) is 4.65. The Labute approximate surface area is 105 Å². The molecule has 0 amide bonds. The molecule has 0 unspecified atom stereocenters. The monoisotopic (exact) mass is 235 g/mol. The molecule has 2 nitrogen and oxygen atoms in total. The minimum Gasteiger partial charge on any atom is -0.393 e. The fourth-order valence-corrected chi connectivity index (χ4v) is 2.03. The Balaban J connectivity index is 2.32. The second-order valence-electron chi connectivity index (χ2n) is 4.65. The molecule has 0 aliphatic rings. The number of hydrogen-bond acceptors (Lipinski definition) is 2. The number of nitrogens with one attached hydrogen (secondary N) is 1. The number of aliphatic hydroxyl groups excluding tert-OH is 1. The quantitative estimate of drug-likeness (QED) is 0.725. The summed E-state index contributed by atoms with van der Waals surface area (Å²) in [6.07, 6.45) is 3.72. The van der Waals surface area contributed by atoms with Crippen molar-refractivity contribution >= 4 is 0 Å². The first-order valence-electron chi connectivity index (χ1n) is 6.71. The maximum Gasteiger partial charge on any atom is 0.0555 e. The van der Waals surface area contributed by atoms with Gasteiger partial charge in [0.2, 0.25) is 0 Å². The third-order valence-corrected chi connectivity index (χ3v) is 3.11. The maximum atomic E-state index is 9.81. The van der Waals surface area contributed by atoms with Gasteiger partial charge in [-0.1, -0.05) is 50.6 Å². The topological polar surface area (TPSA) is 32.3 Å². The molecule has 0 aromatic heterocycles. The molecule has 0 fully saturated rings. The van der Waals surface area contributed by atoms with Crippen LogP contribution in [0.25, 0.3) is 0 Å². The average Bonchev–Trinajstić information content (AvgIpc) is 2.36. The highest BCUT2D eigenvalue weighted by Gasteiger charge is 2.11. The van der Waals surface area contributed by atoms with Crippen LogP contribution in [0, 0.1) is 0 Å². The number of rotatable bonds is 8. The van der Waals surface area contributed by atoms with Crippen LogP contribution in [0.4, 0.5) is 0 Å². The third-order valence-electron chi connectivity index (χ3n) is 3.11. The standard InChI is InChI=1S/C15H25NO/c1-3-8-15(17)11-14(4-2)16-12-13-9-6-5-7-10-13/h5-7,9-10,14-17H,3-4,8,11-12H2,1-2H3/t14-,15-/m1/s1. The first kappa shape index (κ1) is 14.2. The van der Waals surface area contributed by atoms with Gasteiger partial charge in [0.1, 0.15) is 0 Å². The van der Waals surface area contributed by atoms with E-state index in [1.54, 1.807) is 0 Å². The molecule has 0 saturated carbocycles. The van der Waals surface area contributed by atoms with Crippen molar-refractivity contribution in [3.8, 4) is 0 Å². The normalized spacial score (nSPS) is 14.5. The van der Waals surface area contributed by atoms with Crippen LogP contribution in [-0.4, -0.2) is 17.3 Å². The highest BCUT2D eigenvalue weighted by Crippen LogP contribution is 2.08. The van der Waals surface area contributed by atoms with Crippen molar-refractivity contribution in [1.82, 2.24) is 5.32 Å². The van der Waals surface area contributed by atoms with E-state index in [1.165, 1.54) is 5.56 Å². The lowest BCUT2D eigenvalue weighted by Gasteiger charge is -2.20. The van der Waals surface area contributed by atoms with E-state index in [0.717, 1.165) is 32.2 Å². The Bertz CT molecular complexity index is 286. The van der Waals surface area contributed by atoms with Crippen LogP contribution >= 0.6 is 0 Å². The number of hydrogen-bond donors (Lipinski definition) is 2. The predicted molar refractivity (Wildman–Crippen MR) is 72.9 cm³/mol. The molecule has 1 aromatic rings. The molecule has 0 saturated heterocycles. The smallest absolute Gasteiger partial charge is 0.0555 e. The summed E-state index contributed by atoms with van der Waals surface area (Å²) in [5.41, 5.74) is 1.30. The van der Waals surface area contributed by atoms with Crippen LogP contribution in [-0.2, 0) is 6.54 Å². The van der Waals surface area contributed by atoms with Crippen LogP contribution in [0.2, 0.25) is 0 Å². The lowest BCUT2D eigenvalue weighted by Crippen LogP contribution is -2.31. The van der Waals surface area contributed by atoms with Gasteiger partial charge in [-0.2, -0.15) is 0 Å². The minimum absolute atomic E-state index is 0.159. The van der Waals surface area contributed by atoms with Crippen LogP contribution in [0.5, 0.6) is 0 Å². The molecule has 1 rings (SSSR count). The zero-order valence-electron chi connectivity index (χ0n) is 11.0. The zero-order valence-corrected chi connectivity index (χ0v) is 11.0. The molecule has 96 valence electrons. The molecule has 0 spiro atoms. The van der Waals surface area contributed by atoms with Crippen LogP contribution in [0.1, 0.15) is 45.1 Å². The van der Waals surface area contributed by atoms with Gasteiger partial charge in [-0.05, 0) is 24.8 Å². The van der Waals surface area contributed by atoms with Gasteiger partial charge in [0.25, 0.3) is 0 Å². The van der Waals surface area contributed by atoms with E-state index < -0.39 is 0 Å². The summed E-state index contributed by atoms with van der Waals surface area (Å²) < 4.78 is 0. The van der Waals surface area contributed by atoms with E-state index in [1.807, 2.05) is 6.07 Å². The fraction of sp³-hybridized carbons (Fsp3) is 0.600. The molecule has 1 aromatic carbocycles. The summed E-state index contributed by atoms with van der Waals surface area (Å²) in [4.78, 5) is 0. The molecule has 2 atom stereocenters. The van der Waals surface area contributed by atoms with Crippen molar-refractivity contribution in [2.45, 2.75) is 58.2 Å². The van der Waals surface area contributed by atoms with Crippen LogP contribution in [0.3, 0.4) is 0 Å². The summed E-state index contributed by atoms with van der Waals surface area (Å²) in [6, 6.07) is 10.8. The molecule has 0 heterocycles. The number of benzene rings is 1. The molecule has 0 aliphatic carbocycles. The Morgan fingerprint density at radius 3 is 2.47 bits per heavy atom. The Morgan fingerprint density at radius 1 is 1.18 bits per heavy atom. The lowest BCUT2D eigenvalue weighted by molar-refractivity contribution is 0.137. The average molecular weight is 235 g/mol. The van der Waals surface area contributed by atoms with Gasteiger partial charge in [0.15, 0.2) is 0 Å². The second kappa shape index (κ2) is 8.26. The Kier molecular flexibility index (Phi) is 6.90. The molecular formula is C15H25NO. The van der Waals surface area contributed by atoms with Crippen molar-refractivity contribution in [1.29, 1.82) is 0 Å². The zero-order chi connectivity index (χ0) is 12.5. The molecule has 2 N–H and O–H groups in total. The molecule has 0 bridgehead atoms. The molecule has 0 radical (unpaired) electrons. The van der Waals surface area contributed by atoms with Crippen LogP contribution in [0.15, 0.2) is 30.3 Å². The first-order chi connectivity index (χ1) is 8.26. The van der Waals surface area contributed by atoms with Crippen molar-refractivity contribution in [3.63, 3.8) is 0 Å². The first-order valence-corrected chi connectivity index (χ1v) is 6.71. The Hall–Kier alpha value is -0.860. The van der Waals surface area contributed by atoms with E-state index in [0.29, 0.717) is 6.04 Å². The van der Waals surface area contributed by atoms with Gasteiger partial charge in [-0.15, -0.1) is 0 Å². The third kappa shape index (κ3) is 5.85. The van der Waals surface area contributed by atoms with Crippen LogP contribution < -0.4 is 5.32 Å². The molecule has 0 aliphatic heterocycles. The van der Waals surface area contributed by atoms with Gasteiger partial charge in [0.05, 0.1) is 6.10 Å². The van der Waals surface area contributed by atoms with E-state index in [2.05, 4.69) is 43.4 Å². The largest absolute Gasteiger partial charge is 0.393 e. The van der Waals surface area contributed by atoms with Gasteiger partial charge in [-0.3, -0.25) is 0 Å². The van der Waals surface area contributed by atoms with Crippen molar-refractivity contribution in [2.24, 2.45) is 0 Å². The van der Waals surface area contributed by atoms with Gasteiger partial charge in [-0.25, -0.2) is 0 Å². The fourth-order valence-electron chi connectivity index (χ4n) is 2.03. The summed E-state index contributed by atoms with van der Waals surface area (Å²) in [6.45, 7) is 5.17. The minimum atomic E-state index is -0.159. The van der Waals surface area contributed by atoms with Gasteiger partial charge < -0.3 is 10.4 Å². The predicted octanol–water partition coefficient (Wildman–Crippen LogP) is 3.11. The van der Waals surface area contributed by atoms with Crippen molar-refractivity contribution in [2.75, 3.05) is 0 Å². The molecule has 2 heteroatoms. The van der Waals surface area contributed by atoms with Gasteiger partial charge in [0, 0.05) is 12.6 Å². The maximum absolute atomic E-state index is 9.81. The van der Waals surface area contributed by atoms with E-state index >= 15 is 0 Å². The van der Waals surface area contributed by atoms with Crippen molar-refractivity contribution < 1.29 is 5.11 Å². The van der Waals surface area contributed by atoms with E-state index in [4.69, 9.17) is 0 Å². The highest BCUT2D eigenvalue weighted by molar-refractivity contribution is 5.14. The van der Waals surface area contributed by atoms with Crippen molar-refractivity contribution in [3.05, 3.63) is 35.9 Å². The molecule has 17 heavy (non-hydrogen) atoms. The van der Waals surface area contributed by atoms with E-state index in [9.17, 15) is 5.11 Å². The SMILES string of the molecule is CCC[C@@H](O)C[C@@H](CC)NCc1ccccc1.